The molecule has 0 heterocycles. The van der Waals surface area contributed by atoms with Crippen molar-refractivity contribution in [1.82, 2.24) is 4.90 Å². The third-order valence-electron chi connectivity index (χ3n) is 2.76. The van der Waals surface area contributed by atoms with Gasteiger partial charge < -0.3 is 9.64 Å². The Kier molecular flexibility index (Phi) is 10.1. The quantitative estimate of drug-likeness (QED) is 0.569. The average molecular weight is 328 g/mol. The highest BCUT2D eigenvalue weighted by Gasteiger charge is 2.01. The number of esters is 1. The van der Waals surface area contributed by atoms with Crippen LogP contribution in [0.1, 0.15) is 19.4 Å². The highest BCUT2D eigenvalue weighted by atomic mass is 79.9. The molecule has 106 valence electrons. The van der Waals surface area contributed by atoms with Crippen LogP contribution in [0.4, 0.5) is 0 Å². The summed E-state index contributed by atoms with van der Waals surface area (Å²) in [6.07, 6.45) is 3.23. The normalized spacial score (nSPS) is 10.5. The Morgan fingerprint density at radius 3 is 2.42 bits per heavy atom. The van der Waals surface area contributed by atoms with Gasteiger partial charge in [0.05, 0.1) is 0 Å². The van der Waals surface area contributed by atoms with E-state index in [1.807, 2.05) is 30.3 Å². The molecule has 1 aromatic carbocycles. The smallest absolute Gasteiger partial charge is 0.330 e. The summed E-state index contributed by atoms with van der Waals surface area (Å²) in [6, 6.07) is 9.70. The van der Waals surface area contributed by atoms with Crippen LogP contribution in [0.3, 0.4) is 0 Å². The minimum absolute atomic E-state index is 0. The molecule has 4 heteroatoms. The van der Waals surface area contributed by atoms with Crippen molar-refractivity contribution in [3.63, 3.8) is 0 Å². The first-order valence-electron chi connectivity index (χ1n) is 6.38. The lowest BCUT2D eigenvalue weighted by molar-refractivity contribution is -0.138. The summed E-state index contributed by atoms with van der Waals surface area (Å²) in [7, 11) is 0. The number of hydrogen-bond donors (Lipinski definition) is 0. The zero-order valence-corrected chi connectivity index (χ0v) is 13.3. The van der Waals surface area contributed by atoms with Crippen molar-refractivity contribution in [3.05, 3.63) is 42.0 Å². The summed E-state index contributed by atoms with van der Waals surface area (Å²) < 4.78 is 5.13. The zero-order valence-electron chi connectivity index (χ0n) is 11.5. The standard InChI is InChI=1S/C15H21NO2.BrH/c1-3-16(4-2)12-13-18-15(17)11-10-14-8-6-5-7-9-14;/h5-11H,3-4,12-13H2,1-2H3;1H/b11-10+;. The van der Waals surface area contributed by atoms with Gasteiger partial charge in [-0.3, -0.25) is 0 Å². The molecule has 0 aliphatic rings. The van der Waals surface area contributed by atoms with Gasteiger partial charge in [0, 0.05) is 12.6 Å². The summed E-state index contributed by atoms with van der Waals surface area (Å²) >= 11 is 0. The Labute approximate surface area is 126 Å². The predicted molar refractivity (Wildman–Crippen MR) is 84.5 cm³/mol. The first-order valence-corrected chi connectivity index (χ1v) is 6.38. The van der Waals surface area contributed by atoms with Gasteiger partial charge in [0.25, 0.3) is 0 Å². The maximum absolute atomic E-state index is 11.4. The van der Waals surface area contributed by atoms with E-state index in [4.69, 9.17) is 4.74 Å². The molecule has 0 spiro atoms. The number of halogens is 1. The number of hydrogen-bond acceptors (Lipinski definition) is 3. The van der Waals surface area contributed by atoms with Crippen LogP contribution >= 0.6 is 17.0 Å². The maximum atomic E-state index is 11.4. The molecular weight excluding hydrogens is 306 g/mol. The van der Waals surface area contributed by atoms with Crippen LogP contribution in [-0.2, 0) is 9.53 Å². The van der Waals surface area contributed by atoms with Crippen molar-refractivity contribution in [3.8, 4) is 0 Å². The van der Waals surface area contributed by atoms with E-state index in [0.29, 0.717) is 6.61 Å². The Balaban J connectivity index is 0.00000324. The Bertz CT molecular complexity index is 375. The number of benzene rings is 1. The topological polar surface area (TPSA) is 29.5 Å². The molecule has 0 amide bonds. The van der Waals surface area contributed by atoms with Crippen LogP contribution in [0.15, 0.2) is 36.4 Å². The monoisotopic (exact) mass is 327 g/mol. The number of carbonyl (C=O) groups excluding carboxylic acids is 1. The van der Waals surface area contributed by atoms with Crippen molar-refractivity contribution in [2.45, 2.75) is 13.8 Å². The molecule has 0 aromatic heterocycles. The third-order valence-corrected chi connectivity index (χ3v) is 2.76. The molecule has 0 aliphatic heterocycles. The molecule has 0 N–H and O–H groups in total. The fourth-order valence-corrected chi connectivity index (χ4v) is 1.59. The number of likely N-dealkylation sites (N-methyl/N-ethyl adjacent to an activating group) is 1. The molecule has 1 aromatic rings. The minimum atomic E-state index is -0.286. The predicted octanol–water partition coefficient (Wildman–Crippen LogP) is 3.16. The molecule has 0 bridgehead atoms. The van der Waals surface area contributed by atoms with Crippen molar-refractivity contribution in [1.29, 1.82) is 0 Å². The zero-order chi connectivity index (χ0) is 13.2. The van der Waals surface area contributed by atoms with Crippen LogP contribution < -0.4 is 0 Å². The molecule has 0 atom stereocenters. The molecule has 0 fully saturated rings. The molecular formula is C15H22BrNO2. The van der Waals surface area contributed by atoms with Crippen molar-refractivity contribution in [2.75, 3.05) is 26.2 Å². The molecule has 3 nitrogen and oxygen atoms in total. The molecule has 0 unspecified atom stereocenters. The molecule has 0 saturated carbocycles. The van der Waals surface area contributed by atoms with E-state index >= 15 is 0 Å². The first kappa shape index (κ1) is 17.9. The van der Waals surface area contributed by atoms with Crippen LogP contribution in [-0.4, -0.2) is 37.1 Å². The van der Waals surface area contributed by atoms with Gasteiger partial charge in [0.1, 0.15) is 6.61 Å². The van der Waals surface area contributed by atoms with Crippen LogP contribution in [0, 0.1) is 0 Å². The van der Waals surface area contributed by atoms with Crippen molar-refractivity contribution < 1.29 is 9.53 Å². The van der Waals surface area contributed by atoms with Crippen LogP contribution in [0.25, 0.3) is 6.08 Å². The second-order valence-corrected chi connectivity index (χ2v) is 3.94. The Morgan fingerprint density at radius 1 is 1.21 bits per heavy atom. The maximum Gasteiger partial charge on any atom is 0.330 e. The largest absolute Gasteiger partial charge is 0.461 e. The van der Waals surface area contributed by atoms with E-state index in [0.717, 1.165) is 25.2 Å². The Hall–Kier alpha value is -1.13. The summed E-state index contributed by atoms with van der Waals surface area (Å²) in [6.45, 7) is 7.39. The number of rotatable bonds is 7. The summed E-state index contributed by atoms with van der Waals surface area (Å²) in [5.41, 5.74) is 0.998. The molecule has 0 radical (unpaired) electrons. The summed E-state index contributed by atoms with van der Waals surface area (Å²) in [5.74, 6) is -0.286. The van der Waals surface area contributed by atoms with Gasteiger partial charge in [0.2, 0.25) is 0 Å². The first-order chi connectivity index (χ1) is 8.76. The highest BCUT2D eigenvalue weighted by molar-refractivity contribution is 8.93. The van der Waals surface area contributed by atoms with Gasteiger partial charge in [-0.05, 0) is 24.7 Å². The van der Waals surface area contributed by atoms with E-state index < -0.39 is 0 Å². The van der Waals surface area contributed by atoms with E-state index in [-0.39, 0.29) is 23.0 Å². The minimum Gasteiger partial charge on any atom is -0.461 e. The third kappa shape index (κ3) is 7.80. The van der Waals surface area contributed by atoms with Gasteiger partial charge in [-0.25, -0.2) is 4.79 Å². The van der Waals surface area contributed by atoms with Gasteiger partial charge in [0.15, 0.2) is 0 Å². The molecule has 19 heavy (non-hydrogen) atoms. The SMILES string of the molecule is Br.CCN(CC)CCOC(=O)/C=C/c1ccccc1. The van der Waals surface area contributed by atoms with Crippen molar-refractivity contribution in [2.24, 2.45) is 0 Å². The van der Waals surface area contributed by atoms with Gasteiger partial charge >= 0.3 is 5.97 Å². The Morgan fingerprint density at radius 2 is 1.84 bits per heavy atom. The number of ether oxygens (including phenoxy) is 1. The van der Waals surface area contributed by atoms with E-state index in [1.54, 1.807) is 6.08 Å². The second-order valence-electron chi connectivity index (χ2n) is 3.94. The lowest BCUT2D eigenvalue weighted by Crippen LogP contribution is -2.27. The fraction of sp³-hybridized carbons (Fsp3) is 0.400. The van der Waals surface area contributed by atoms with Crippen LogP contribution in [0.2, 0.25) is 0 Å². The molecule has 0 saturated heterocycles. The summed E-state index contributed by atoms with van der Waals surface area (Å²) in [5, 5.41) is 0. The fourth-order valence-electron chi connectivity index (χ4n) is 1.59. The molecule has 1 rings (SSSR count). The van der Waals surface area contributed by atoms with Crippen molar-refractivity contribution >= 4 is 29.0 Å². The number of carbonyl (C=O) groups is 1. The van der Waals surface area contributed by atoms with E-state index in [9.17, 15) is 4.79 Å². The van der Waals surface area contributed by atoms with E-state index in [2.05, 4.69) is 18.7 Å². The lowest BCUT2D eigenvalue weighted by atomic mass is 10.2. The number of nitrogens with zero attached hydrogens (tertiary/aromatic N) is 1. The van der Waals surface area contributed by atoms with E-state index in [1.165, 1.54) is 6.08 Å². The average Bonchev–Trinajstić information content (AvgIpc) is 2.42. The lowest BCUT2D eigenvalue weighted by Gasteiger charge is -2.16. The van der Waals surface area contributed by atoms with Gasteiger partial charge in [-0.2, -0.15) is 0 Å². The van der Waals surface area contributed by atoms with Gasteiger partial charge in [-0.15, -0.1) is 17.0 Å². The second kappa shape index (κ2) is 10.8. The summed E-state index contributed by atoms with van der Waals surface area (Å²) in [4.78, 5) is 13.7. The van der Waals surface area contributed by atoms with Crippen LogP contribution in [0.5, 0.6) is 0 Å². The van der Waals surface area contributed by atoms with Gasteiger partial charge in [-0.1, -0.05) is 44.2 Å². The molecule has 0 aliphatic carbocycles. The highest BCUT2D eigenvalue weighted by Crippen LogP contribution is 2.01.